The predicted octanol–water partition coefficient (Wildman–Crippen LogP) is 5.57. The minimum atomic E-state index is -0.868. The maximum atomic E-state index is 12.7. The van der Waals surface area contributed by atoms with Crippen molar-refractivity contribution in [3.8, 4) is 23.3 Å². The molecule has 1 atom stereocenters. The van der Waals surface area contributed by atoms with E-state index >= 15 is 0 Å². The molecule has 0 aliphatic carbocycles. The molecule has 1 amide bonds. The van der Waals surface area contributed by atoms with Crippen LogP contribution in [0.15, 0.2) is 70.9 Å². The molecule has 2 aromatic carbocycles. The van der Waals surface area contributed by atoms with Crippen LogP contribution in [0.4, 0.5) is 0 Å². The fourth-order valence-corrected chi connectivity index (χ4v) is 3.44. The van der Waals surface area contributed by atoms with Gasteiger partial charge in [-0.25, -0.2) is 4.79 Å². The SMILES string of the molecule is CCOc1cc(/C=C(\C#N)C(=O)NCc2ccco2)ccc1OC(=O)C(C)Oc1ccc(C(C)(C)C)cc1. The highest BCUT2D eigenvalue weighted by Gasteiger charge is 2.21. The Bertz CT molecular complexity index is 1310. The summed E-state index contributed by atoms with van der Waals surface area (Å²) in [6, 6.07) is 17.7. The van der Waals surface area contributed by atoms with Gasteiger partial charge in [-0.1, -0.05) is 39.0 Å². The molecular formula is C30H32N2O6. The van der Waals surface area contributed by atoms with E-state index in [0.29, 0.717) is 29.4 Å². The molecule has 1 unspecified atom stereocenters. The summed E-state index contributed by atoms with van der Waals surface area (Å²) in [7, 11) is 0. The molecule has 1 heterocycles. The number of hydrogen-bond acceptors (Lipinski definition) is 7. The van der Waals surface area contributed by atoms with Crippen LogP contribution >= 0.6 is 0 Å². The van der Waals surface area contributed by atoms with Crippen LogP contribution in [0.1, 0.15) is 51.5 Å². The number of esters is 1. The van der Waals surface area contributed by atoms with E-state index in [1.165, 1.54) is 12.3 Å². The van der Waals surface area contributed by atoms with Crippen LogP contribution in [-0.4, -0.2) is 24.6 Å². The fourth-order valence-electron chi connectivity index (χ4n) is 3.44. The van der Waals surface area contributed by atoms with E-state index in [9.17, 15) is 14.9 Å². The largest absolute Gasteiger partial charge is 0.490 e. The number of nitrogens with one attached hydrogen (secondary N) is 1. The molecule has 0 saturated carbocycles. The summed E-state index contributed by atoms with van der Waals surface area (Å²) in [6.07, 6.45) is 2.06. The number of carbonyl (C=O) groups excluding carboxylic acids is 2. The number of furan rings is 1. The first kappa shape index (κ1) is 28.1. The smallest absolute Gasteiger partial charge is 0.352 e. The van der Waals surface area contributed by atoms with Crippen molar-refractivity contribution < 1.29 is 28.2 Å². The highest BCUT2D eigenvalue weighted by atomic mass is 16.6. The molecule has 38 heavy (non-hydrogen) atoms. The second kappa shape index (κ2) is 12.6. The average molecular weight is 517 g/mol. The minimum absolute atomic E-state index is 0.0118. The molecule has 1 aromatic heterocycles. The fraction of sp³-hybridized carbons (Fsp3) is 0.300. The Balaban J connectivity index is 1.69. The lowest BCUT2D eigenvalue weighted by atomic mass is 9.87. The molecule has 1 N–H and O–H groups in total. The van der Waals surface area contributed by atoms with Gasteiger partial charge in [-0.3, -0.25) is 4.79 Å². The first-order valence-electron chi connectivity index (χ1n) is 12.3. The third kappa shape index (κ3) is 7.74. The molecule has 0 aliphatic rings. The average Bonchev–Trinajstić information content (AvgIpc) is 3.41. The number of carbonyl (C=O) groups is 2. The van der Waals surface area contributed by atoms with Crippen molar-refractivity contribution in [2.45, 2.75) is 52.7 Å². The van der Waals surface area contributed by atoms with E-state index in [4.69, 9.17) is 18.6 Å². The van der Waals surface area contributed by atoms with Gasteiger partial charge in [0.2, 0.25) is 0 Å². The quantitative estimate of drug-likeness (QED) is 0.162. The van der Waals surface area contributed by atoms with Gasteiger partial charge in [0.15, 0.2) is 17.6 Å². The second-order valence-electron chi connectivity index (χ2n) is 9.53. The molecule has 198 valence electrons. The molecule has 0 fully saturated rings. The zero-order valence-corrected chi connectivity index (χ0v) is 22.2. The van der Waals surface area contributed by atoms with E-state index in [0.717, 1.165) is 5.56 Å². The van der Waals surface area contributed by atoms with E-state index in [2.05, 4.69) is 26.1 Å². The van der Waals surface area contributed by atoms with Gasteiger partial charge in [-0.15, -0.1) is 0 Å². The number of nitrogens with zero attached hydrogens (tertiary/aromatic N) is 1. The van der Waals surface area contributed by atoms with Crippen molar-refractivity contribution in [1.29, 1.82) is 5.26 Å². The minimum Gasteiger partial charge on any atom is -0.490 e. The molecule has 8 heteroatoms. The summed E-state index contributed by atoms with van der Waals surface area (Å²) in [5, 5.41) is 12.1. The van der Waals surface area contributed by atoms with Gasteiger partial charge in [0.1, 0.15) is 23.2 Å². The summed E-state index contributed by atoms with van der Waals surface area (Å²) < 4.78 is 22.2. The van der Waals surface area contributed by atoms with Crippen molar-refractivity contribution in [3.63, 3.8) is 0 Å². The predicted molar refractivity (Wildman–Crippen MR) is 143 cm³/mol. The summed E-state index contributed by atoms with van der Waals surface area (Å²) in [4.78, 5) is 25.2. The van der Waals surface area contributed by atoms with Crippen LogP contribution in [0, 0.1) is 11.3 Å². The number of nitriles is 1. The van der Waals surface area contributed by atoms with Crippen molar-refractivity contribution in [2.24, 2.45) is 0 Å². The van der Waals surface area contributed by atoms with Crippen LogP contribution in [0.2, 0.25) is 0 Å². The summed E-state index contributed by atoms with van der Waals surface area (Å²) >= 11 is 0. The van der Waals surface area contributed by atoms with Gasteiger partial charge >= 0.3 is 5.97 Å². The Kier molecular flexibility index (Phi) is 9.33. The molecule has 3 aromatic rings. The van der Waals surface area contributed by atoms with Crippen molar-refractivity contribution in [3.05, 3.63) is 83.3 Å². The first-order valence-corrected chi connectivity index (χ1v) is 12.3. The van der Waals surface area contributed by atoms with Crippen LogP contribution in [0.25, 0.3) is 6.08 Å². The van der Waals surface area contributed by atoms with Crippen molar-refractivity contribution in [1.82, 2.24) is 5.32 Å². The van der Waals surface area contributed by atoms with Gasteiger partial charge in [0.05, 0.1) is 19.4 Å². The van der Waals surface area contributed by atoms with Gasteiger partial charge in [0.25, 0.3) is 5.91 Å². The van der Waals surface area contributed by atoms with Crippen molar-refractivity contribution >= 4 is 18.0 Å². The molecule has 0 spiro atoms. The molecule has 8 nitrogen and oxygen atoms in total. The lowest BCUT2D eigenvalue weighted by molar-refractivity contribution is -0.141. The number of hydrogen-bond donors (Lipinski definition) is 1. The zero-order chi connectivity index (χ0) is 27.7. The maximum absolute atomic E-state index is 12.7. The van der Waals surface area contributed by atoms with Gasteiger partial charge < -0.3 is 23.9 Å². The topological polar surface area (TPSA) is 111 Å². The third-order valence-electron chi connectivity index (χ3n) is 5.52. The van der Waals surface area contributed by atoms with Crippen LogP contribution in [0.5, 0.6) is 17.2 Å². The Morgan fingerprint density at radius 2 is 1.84 bits per heavy atom. The Morgan fingerprint density at radius 3 is 2.45 bits per heavy atom. The zero-order valence-electron chi connectivity index (χ0n) is 22.2. The molecule has 0 aliphatic heterocycles. The van der Waals surface area contributed by atoms with Gasteiger partial charge in [-0.05, 0) is 72.9 Å². The lowest BCUT2D eigenvalue weighted by Crippen LogP contribution is -2.28. The number of ether oxygens (including phenoxy) is 3. The maximum Gasteiger partial charge on any atom is 0.352 e. The highest BCUT2D eigenvalue weighted by molar-refractivity contribution is 6.01. The van der Waals surface area contributed by atoms with Crippen LogP contribution in [-0.2, 0) is 21.5 Å². The molecule has 3 rings (SSSR count). The van der Waals surface area contributed by atoms with Crippen LogP contribution < -0.4 is 19.5 Å². The normalized spacial score (nSPS) is 12.3. The summed E-state index contributed by atoms with van der Waals surface area (Å²) in [5.74, 6) is 0.490. The van der Waals surface area contributed by atoms with E-state index in [1.54, 1.807) is 44.2 Å². The third-order valence-corrected chi connectivity index (χ3v) is 5.52. The molecule has 0 saturated heterocycles. The summed E-state index contributed by atoms with van der Waals surface area (Å²) in [5.41, 5.74) is 1.60. The Hall–Kier alpha value is -4.51. The van der Waals surface area contributed by atoms with E-state index < -0.39 is 18.0 Å². The molecular weight excluding hydrogens is 484 g/mol. The Morgan fingerprint density at radius 1 is 1.11 bits per heavy atom. The molecule has 0 bridgehead atoms. The molecule has 0 radical (unpaired) electrons. The highest BCUT2D eigenvalue weighted by Crippen LogP contribution is 2.30. The number of rotatable bonds is 10. The van der Waals surface area contributed by atoms with Gasteiger partial charge in [0, 0.05) is 0 Å². The number of benzene rings is 2. The monoisotopic (exact) mass is 516 g/mol. The number of amides is 1. The summed E-state index contributed by atoms with van der Waals surface area (Å²) in [6.45, 7) is 10.3. The lowest BCUT2D eigenvalue weighted by Gasteiger charge is -2.20. The van der Waals surface area contributed by atoms with E-state index in [1.807, 2.05) is 30.3 Å². The standard InChI is InChI=1S/C30H32N2O6/c1-6-35-27-17-21(16-22(18-31)28(33)32-19-25-8-7-15-36-25)9-14-26(27)38-29(34)20(2)37-24-12-10-23(11-13-24)30(3,4)5/h7-17,20H,6,19H2,1-5H3,(H,32,33)/b22-16+. The van der Waals surface area contributed by atoms with Crippen LogP contribution in [0.3, 0.4) is 0 Å². The van der Waals surface area contributed by atoms with Crippen molar-refractivity contribution in [2.75, 3.05) is 6.61 Å². The van der Waals surface area contributed by atoms with E-state index in [-0.39, 0.29) is 23.3 Å². The van der Waals surface area contributed by atoms with Gasteiger partial charge in [-0.2, -0.15) is 5.26 Å². The first-order chi connectivity index (χ1) is 18.1. The Labute approximate surface area is 222 Å². The second-order valence-corrected chi connectivity index (χ2v) is 9.53.